The van der Waals surface area contributed by atoms with E-state index in [9.17, 15) is 4.79 Å². The van der Waals surface area contributed by atoms with Crippen LogP contribution in [-0.2, 0) is 10.3 Å². The van der Waals surface area contributed by atoms with Gasteiger partial charge in [0.05, 0.1) is 5.36 Å². The molecule has 3 heteroatoms. The SMILES string of the molecule is O=C(O)CCC1(c2ccccc2)C=c2ccccc2=N1. The molecule has 0 bridgehead atoms. The first kappa shape index (κ1) is 12.6. The van der Waals surface area contributed by atoms with E-state index in [1.807, 2.05) is 54.6 Å². The Hall–Kier alpha value is -2.42. The summed E-state index contributed by atoms with van der Waals surface area (Å²) in [5.41, 5.74) is 0.487. The molecule has 0 saturated carbocycles. The molecule has 1 aliphatic heterocycles. The molecule has 1 atom stereocenters. The Morgan fingerprint density at radius 3 is 2.45 bits per heavy atom. The molecule has 0 aliphatic carbocycles. The summed E-state index contributed by atoms with van der Waals surface area (Å²) in [6, 6.07) is 17.8. The van der Waals surface area contributed by atoms with Crippen molar-refractivity contribution in [1.82, 2.24) is 0 Å². The zero-order valence-electron chi connectivity index (χ0n) is 11.0. The minimum Gasteiger partial charge on any atom is -0.481 e. The number of hydrogen-bond acceptors (Lipinski definition) is 2. The third-order valence-corrected chi connectivity index (χ3v) is 3.64. The van der Waals surface area contributed by atoms with Crippen LogP contribution in [0.1, 0.15) is 18.4 Å². The average Bonchev–Trinajstić information content (AvgIpc) is 2.86. The second kappa shape index (κ2) is 4.93. The van der Waals surface area contributed by atoms with E-state index < -0.39 is 11.5 Å². The fourth-order valence-corrected chi connectivity index (χ4v) is 2.66. The molecule has 1 aliphatic rings. The predicted molar refractivity (Wildman–Crippen MR) is 76.7 cm³/mol. The van der Waals surface area contributed by atoms with E-state index in [1.54, 1.807) is 0 Å². The van der Waals surface area contributed by atoms with Gasteiger partial charge in [0.15, 0.2) is 0 Å². The second-order valence-electron chi connectivity index (χ2n) is 5.00. The van der Waals surface area contributed by atoms with Crippen LogP contribution in [0, 0.1) is 0 Å². The zero-order valence-corrected chi connectivity index (χ0v) is 11.0. The van der Waals surface area contributed by atoms with Crippen LogP contribution >= 0.6 is 0 Å². The first-order valence-electron chi connectivity index (χ1n) is 6.65. The fourth-order valence-electron chi connectivity index (χ4n) is 2.66. The van der Waals surface area contributed by atoms with Crippen molar-refractivity contribution in [3.8, 4) is 0 Å². The van der Waals surface area contributed by atoms with E-state index in [0.29, 0.717) is 6.42 Å². The van der Waals surface area contributed by atoms with Crippen molar-refractivity contribution in [3.05, 3.63) is 70.7 Å². The smallest absolute Gasteiger partial charge is 0.303 e. The molecule has 100 valence electrons. The lowest BCUT2D eigenvalue weighted by Crippen LogP contribution is -2.21. The normalized spacial score (nSPS) is 19.8. The molecular weight excluding hydrogens is 250 g/mol. The highest BCUT2D eigenvalue weighted by Crippen LogP contribution is 2.33. The summed E-state index contributed by atoms with van der Waals surface area (Å²) in [6.07, 6.45) is 2.66. The number of aliphatic carboxylic acids is 1. The molecule has 0 spiro atoms. The van der Waals surface area contributed by atoms with Crippen LogP contribution in [0.3, 0.4) is 0 Å². The number of carbonyl (C=O) groups is 1. The van der Waals surface area contributed by atoms with Crippen molar-refractivity contribution >= 4 is 12.0 Å². The molecule has 1 heterocycles. The molecule has 2 aromatic rings. The maximum atomic E-state index is 10.9. The van der Waals surface area contributed by atoms with Gasteiger partial charge in [-0.05, 0) is 29.3 Å². The van der Waals surface area contributed by atoms with Crippen molar-refractivity contribution < 1.29 is 9.90 Å². The van der Waals surface area contributed by atoms with Crippen LogP contribution in [0.4, 0.5) is 0 Å². The maximum absolute atomic E-state index is 10.9. The highest BCUT2D eigenvalue weighted by atomic mass is 16.4. The van der Waals surface area contributed by atoms with Gasteiger partial charge in [0.25, 0.3) is 0 Å². The number of carboxylic acids is 1. The van der Waals surface area contributed by atoms with Crippen LogP contribution in [0.5, 0.6) is 0 Å². The first-order valence-corrected chi connectivity index (χ1v) is 6.65. The zero-order chi connectivity index (χ0) is 14.0. The minimum atomic E-state index is -0.792. The molecule has 0 amide bonds. The summed E-state index contributed by atoms with van der Waals surface area (Å²) in [4.78, 5) is 15.8. The molecule has 1 unspecified atom stereocenters. The summed E-state index contributed by atoms with van der Waals surface area (Å²) in [5.74, 6) is -0.792. The average molecular weight is 265 g/mol. The molecule has 3 rings (SSSR count). The number of hydrogen-bond donors (Lipinski definition) is 1. The van der Waals surface area contributed by atoms with E-state index in [-0.39, 0.29) is 6.42 Å². The summed E-state index contributed by atoms with van der Waals surface area (Å²) in [5, 5.41) is 11.0. The summed E-state index contributed by atoms with van der Waals surface area (Å²) in [6.45, 7) is 0. The van der Waals surface area contributed by atoms with Gasteiger partial charge in [0, 0.05) is 6.42 Å². The van der Waals surface area contributed by atoms with Crippen molar-refractivity contribution in [3.63, 3.8) is 0 Å². The topological polar surface area (TPSA) is 49.7 Å². The van der Waals surface area contributed by atoms with Crippen molar-refractivity contribution in [2.45, 2.75) is 18.4 Å². The molecule has 0 fully saturated rings. The van der Waals surface area contributed by atoms with Gasteiger partial charge in [-0.2, -0.15) is 0 Å². The quantitative estimate of drug-likeness (QED) is 0.917. The lowest BCUT2D eigenvalue weighted by Gasteiger charge is -2.24. The van der Waals surface area contributed by atoms with E-state index in [1.165, 1.54) is 0 Å². The predicted octanol–water partition coefficient (Wildman–Crippen LogP) is 1.86. The maximum Gasteiger partial charge on any atom is 0.303 e. The minimum absolute atomic E-state index is 0.100. The lowest BCUT2D eigenvalue weighted by atomic mass is 9.86. The van der Waals surface area contributed by atoms with Gasteiger partial charge in [-0.1, -0.05) is 48.5 Å². The highest BCUT2D eigenvalue weighted by molar-refractivity contribution is 5.67. The Kier molecular flexibility index (Phi) is 3.11. The molecule has 0 saturated heterocycles. The molecule has 0 aromatic heterocycles. The van der Waals surface area contributed by atoms with E-state index in [4.69, 9.17) is 10.1 Å². The fraction of sp³-hybridized carbons (Fsp3) is 0.176. The monoisotopic (exact) mass is 265 g/mol. The van der Waals surface area contributed by atoms with E-state index in [2.05, 4.69) is 6.08 Å². The third kappa shape index (κ3) is 2.23. The van der Waals surface area contributed by atoms with Crippen molar-refractivity contribution in [2.75, 3.05) is 0 Å². The van der Waals surface area contributed by atoms with Gasteiger partial charge >= 0.3 is 5.97 Å². The molecule has 3 nitrogen and oxygen atoms in total. The molecule has 20 heavy (non-hydrogen) atoms. The van der Waals surface area contributed by atoms with Crippen molar-refractivity contribution in [1.29, 1.82) is 0 Å². The number of carboxylic acid groups (broad SMARTS) is 1. The van der Waals surface area contributed by atoms with Crippen LogP contribution < -0.4 is 10.6 Å². The largest absolute Gasteiger partial charge is 0.481 e. The van der Waals surface area contributed by atoms with Crippen molar-refractivity contribution in [2.24, 2.45) is 4.99 Å². The van der Waals surface area contributed by atoms with Gasteiger partial charge in [0.1, 0.15) is 5.54 Å². The Morgan fingerprint density at radius 1 is 1.05 bits per heavy atom. The third-order valence-electron chi connectivity index (χ3n) is 3.64. The molecular formula is C17H15NO2. The molecule has 1 N–H and O–H groups in total. The Balaban J connectivity index is 2.12. The van der Waals surface area contributed by atoms with Gasteiger partial charge in [-0.15, -0.1) is 0 Å². The Morgan fingerprint density at radius 2 is 1.75 bits per heavy atom. The second-order valence-corrected chi connectivity index (χ2v) is 5.00. The summed E-state index contributed by atoms with van der Waals surface area (Å²) in [7, 11) is 0. The number of para-hydroxylation sites is 1. The Bertz CT molecular complexity index is 715. The number of benzene rings is 2. The number of nitrogens with zero attached hydrogens (tertiary/aromatic N) is 1. The molecule has 0 radical (unpaired) electrons. The number of fused-ring (bicyclic) bond motifs is 1. The van der Waals surface area contributed by atoms with Crippen LogP contribution in [0.2, 0.25) is 0 Å². The van der Waals surface area contributed by atoms with Gasteiger partial charge in [-0.3, -0.25) is 9.79 Å². The molecule has 2 aromatic carbocycles. The highest BCUT2D eigenvalue weighted by Gasteiger charge is 2.31. The Labute approximate surface area is 116 Å². The summed E-state index contributed by atoms with van der Waals surface area (Å²) < 4.78 is 0. The van der Waals surface area contributed by atoms with E-state index in [0.717, 1.165) is 16.1 Å². The standard InChI is InChI=1S/C17H15NO2/c19-16(20)10-11-17(14-7-2-1-3-8-14)12-13-6-4-5-9-15(13)18-17/h1-9,12H,10-11H2,(H,19,20). The van der Waals surface area contributed by atoms with Crippen LogP contribution in [0.25, 0.3) is 6.08 Å². The van der Waals surface area contributed by atoms with Gasteiger partial charge < -0.3 is 5.11 Å². The van der Waals surface area contributed by atoms with Gasteiger partial charge in [0.2, 0.25) is 0 Å². The van der Waals surface area contributed by atoms with E-state index >= 15 is 0 Å². The summed E-state index contributed by atoms with van der Waals surface area (Å²) >= 11 is 0. The first-order chi connectivity index (χ1) is 9.70. The lowest BCUT2D eigenvalue weighted by molar-refractivity contribution is -0.137. The van der Waals surface area contributed by atoms with Crippen LogP contribution in [0.15, 0.2) is 59.6 Å². The van der Waals surface area contributed by atoms with Crippen LogP contribution in [-0.4, -0.2) is 11.1 Å². The number of rotatable bonds is 4. The van der Waals surface area contributed by atoms with Gasteiger partial charge in [-0.25, -0.2) is 0 Å².